The van der Waals surface area contributed by atoms with E-state index in [2.05, 4.69) is 0 Å². The van der Waals surface area contributed by atoms with E-state index in [4.69, 9.17) is 17.3 Å². The van der Waals surface area contributed by atoms with Crippen LogP contribution in [0.3, 0.4) is 0 Å². The first kappa shape index (κ1) is 18.4. The van der Waals surface area contributed by atoms with Gasteiger partial charge in [0.2, 0.25) is 5.91 Å². The molecule has 2 aromatic carbocycles. The number of aryl methyl sites for hydroxylation is 1. The van der Waals surface area contributed by atoms with Gasteiger partial charge >= 0.3 is 0 Å². The summed E-state index contributed by atoms with van der Waals surface area (Å²) in [5.74, 6) is -0.365. The Morgan fingerprint density at radius 3 is 2.19 bits per heavy atom. The first-order chi connectivity index (χ1) is 12.5. The molecule has 1 aliphatic rings. The number of benzene rings is 2. The van der Waals surface area contributed by atoms with Crippen molar-refractivity contribution in [3.05, 3.63) is 70.2 Å². The van der Waals surface area contributed by atoms with Crippen molar-refractivity contribution in [2.45, 2.75) is 13.0 Å². The van der Waals surface area contributed by atoms with E-state index < -0.39 is 11.9 Å². The van der Waals surface area contributed by atoms with E-state index in [0.29, 0.717) is 31.2 Å². The summed E-state index contributed by atoms with van der Waals surface area (Å²) in [7, 11) is 0. The number of hydrogen-bond donors (Lipinski definition) is 1. The Morgan fingerprint density at radius 2 is 1.62 bits per heavy atom. The quantitative estimate of drug-likeness (QED) is 0.898. The summed E-state index contributed by atoms with van der Waals surface area (Å²) >= 11 is 5.93. The molecule has 2 aromatic rings. The van der Waals surface area contributed by atoms with Crippen LogP contribution in [0.1, 0.15) is 27.5 Å². The van der Waals surface area contributed by atoms with Crippen LogP contribution < -0.4 is 5.73 Å². The van der Waals surface area contributed by atoms with Crippen LogP contribution in [0.5, 0.6) is 0 Å². The largest absolute Gasteiger partial charge is 0.368 e. The lowest BCUT2D eigenvalue weighted by Crippen LogP contribution is -2.52. The Morgan fingerprint density at radius 1 is 1.00 bits per heavy atom. The summed E-state index contributed by atoms with van der Waals surface area (Å²) in [6.07, 6.45) is 0. The molecule has 0 aromatic heterocycles. The van der Waals surface area contributed by atoms with Gasteiger partial charge in [-0.05, 0) is 36.2 Å². The summed E-state index contributed by atoms with van der Waals surface area (Å²) in [5, 5.41) is 0.616. The molecule has 1 aliphatic heterocycles. The molecule has 0 spiro atoms. The van der Waals surface area contributed by atoms with Crippen molar-refractivity contribution in [1.29, 1.82) is 0 Å². The van der Waals surface area contributed by atoms with Gasteiger partial charge in [-0.25, -0.2) is 0 Å². The molecular weight excluding hydrogens is 350 g/mol. The Balaban J connectivity index is 1.70. The van der Waals surface area contributed by atoms with Crippen molar-refractivity contribution in [1.82, 2.24) is 9.80 Å². The monoisotopic (exact) mass is 371 g/mol. The second kappa shape index (κ2) is 7.89. The van der Waals surface area contributed by atoms with Gasteiger partial charge in [-0.15, -0.1) is 0 Å². The fourth-order valence-electron chi connectivity index (χ4n) is 3.37. The van der Waals surface area contributed by atoms with Gasteiger partial charge in [0.15, 0.2) is 0 Å². The number of amides is 2. The second-order valence-electron chi connectivity index (χ2n) is 6.50. The molecule has 136 valence electrons. The summed E-state index contributed by atoms with van der Waals surface area (Å²) < 4.78 is 0. The number of primary amides is 1. The van der Waals surface area contributed by atoms with Crippen LogP contribution in [0.25, 0.3) is 0 Å². The molecule has 26 heavy (non-hydrogen) atoms. The molecule has 0 saturated carbocycles. The van der Waals surface area contributed by atoms with E-state index in [1.54, 1.807) is 12.1 Å². The molecule has 1 fully saturated rings. The number of piperazine rings is 1. The molecule has 0 aliphatic carbocycles. The first-order valence-electron chi connectivity index (χ1n) is 8.61. The minimum Gasteiger partial charge on any atom is -0.368 e. The Labute approximate surface area is 158 Å². The van der Waals surface area contributed by atoms with Crippen molar-refractivity contribution in [3.63, 3.8) is 0 Å². The smallest absolute Gasteiger partial charge is 0.254 e. The van der Waals surface area contributed by atoms with Gasteiger partial charge in [0, 0.05) is 36.8 Å². The molecular formula is C20H22ClN3O2. The zero-order valence-corrected chi connectivity index (χ0v) is 15.4. The predicted molar refractivity (Wildman–Crippen MR) is 102 cm³/mol. The van der Waals surface area contributed by atoms with Gasteiger partial charge in [-0.3, -0.25) is 14.5 Å². The number of nitrogens with two attached hydrogens (primary N) is 1. The fourth-order valence-corrected chi connectivity index (χ4v) is 3.49. The lowest BCUT2D eigenvalue weighted by Gasteiger charge is -2.38. The molecule has 0 radical (unpaired) electrons. The van der Waals surface area contributed by atoms with Gasteiger partial charge < -0.3 is 10.6 Å². The summed E-state index contributed by atoms with van der Waals surface area (Å²) in [4.78, 5) is 28.6. The number of halogens is 1. The van der Waals surface area contributed by atoms with Crippen molar-refractivity contribution in [3.8, 4) is 0 Å². The molecule has 2 N–H and O–H groups in total. The topological polar surface area (TPSA) is 66.6 Å². The van der Waals surface area contributed by atoms with Gasteiger partial charge in [0.05, 0.1) is 0 Å². The van der Waals surface area contributed by atoms with Gasteiger partial charge in [-0.1, -0.05) is 41.9 Å². The highest BCUT2D eigenvalue weighted by Crippen LogP contribution is 2.24. The van der Waals surface area contributed by atoms with Crippen molar-refractivity contribution in [2.24, 2.45) is 5.73 Å². The average Bonchev–Trinajstić information content (AvgIpc) is 2.64. The molecule has 6 heteroatoms. The van der Waals surface area contributed by atoms with Crippen LogP contribution in [-0.4, -0.2) is 47.8 Å². The second-order valence-corrected chi connectivity index (χ2v) is 6.94. The summed E-state index contributed by atoms with van der Waals surface area (Å²) in [5.41, 5.74) is 8.16. The van der Waals surface area contributed by atoms with Crippen LogP contribution in [-0.2, 0) is 4.79 Å². The molecule has 1 saturated heterocycles. The molecule has 2 amide bonds. The maximum atomic E-state index is 12.7. The van der Waals surface area contributed by atoms with E-state index in [1.165, 1.54) is 0 Å². The lowest BCUT2D eigenvalue weighted by atomic mass is 10.0. The summed E-state index contributed by atoms with van der Waals surface area (Å²) in [6, 6.07) is 14.2. The van der Waals surface area contributed by atoms with E-state index in [9.17, 15) is 9.59 Å². The van der Waals surface area contributed by atoms with Gasteiger partial charge in [-0.2, -0.15) is 0 Å². The Hall–Kier alpha value is -2.37. The van der Waals surface area contributed by atoms with Crippen LogP contribution in [0.4, 0.5) is 0 Å². The van der Waals surface area contributed by atoms with Crippen LogP contribution >= 0.6 is 11.6 Å². The number of rotatable bonds is 4. The lowest BCUT2D eigenvalue weighted by molar-refractivity contribution is -0.124. The third-order valence-corrected chi connectivity index (χ3v) is 5.05. The third kappa shape index (κ3) is 3.89. The van der Waals surface area contributed by atoms with E-state index >= 15 is 0 Å². The highest BCUT2D eigenvalue weighted by Gasteiger charge is 2.30. The molecule has 0 bridgehead atoms. The summed E-state index contributed by atoms with van der Waals surface area (Å²) in [6.45, 7) is 4.24. The standard InChI is InChI=1S/C20H22ClN3O2/c1-14-4-2-3-5-17(14)20(26)24-12-10-23(11-13-24)18(19(22)25)15-6-8-16(21)9-7-15/h2-9,18H,10-13H2,1H3,(H2,22,25). The average molecular weight is 372 g/mol. The first-order valence-corrected chi connectivity index (χ1v) is 8.99. The van der Waals surface area contributed by atoms with Crippen LogP contribution in [0.15, 0.2) is 48.5 Å². The van der Waals surface area contributed by atoms with E-state index in [1.807, 2.05) is 53.1 Å². The maximum absolute atomic E-state index is 12.7. The normalized spacial score (nSPS) is 16.3. The SMILES string of the molecule is Cc1ccccc1C(=O)N1CCN(C(C(N)=O)c2ccc(Cl)cc2)CC1. The Bertz CT molecular complexity index is 799. The van der Waals surface area contributed by atoms with Crippen molar-refractivity contribution in [2.75, 3.05) is 26.2 Å². The fraction of sp³-hybridized carbons (Fsp3) is 0.300. The molecule has 1 unspecified atom stereocenters. The molecule has 1 atom stereocenters. The number of nitrogens with zero attached hydrogens (tertiary/aromatic N) is 2. The zero-order valence-electron chi connectivity index (χ0n) is 14.7. The van der Waals surface area contributed by atoms with Crippen LogP contribution in [0.2, 0.25) is 5.02 Å². The number of carbonyl (C=O) groups excluding carboxylic acids is 2. The maximum Gasteiger partial charge on any atom is 0.254 e. The van der Waals surface area contributed by atoms with Crippen LogP contribution in [0, 0.1) is 6.92 Å². The van der Waals surface area contributed by atoms with Gasteiger partial charge in [0.1, 0.15) is 6.04 Å². The van der Waals surface area contributed by atoms with Gasteiger partial charge in [0.25, 0.3) is 5.91 Å². The molecule has 1 heterocycles. The third-order valence-electron chi connectivity index (χ3n) is 4.80. The van der Waals surface area contributed by atoms with Crippen molar-refractivity contribution >= 4 is 23.4 Å². The number of carbonyl (C=O) groups is 2. The minimum absolute atomic E-state index is 0.0323. The van der Waals surface area contributed by atoms with E-state index in [-0.39, 0.29) is 5.91 Å². The van der Waals surface area contributed by atoms with Crippen molar-refractivity contribution < 1.29 is 9.59 Å². The molecule has 5 nitrogen and oxygen atoms in total. The zero-order chi connectivity index (χ0) is 18.7. The predicted octanol–water partition coefficient (Wildman–Crippen LogP) is 2.63. The van der Waals surface area contributed by atoms with E-state index in [0.717, 1.165) is 16.7 Å². The highest BCUT2D eigenvalue weighted by molar-refractivity contribution is 6.30. The minimum atomic E-state index is -0.511. The molecule has 3 rings (SSSR count). The Kier molecular flexibility index (Phi) is 5.59. The number of hydrogen-bond acceptors (Lipinski definition) is 3. The highest BCUT2D eigenvalue weighted by atomic mass is 35.5.